The molecule has 0 aliphatic carbocycles. The molecule has 0 radical (unpaired) electrons. The van der Waals surface area contributed by atoms with Crippen molar-refractivity contribution in [1.82, 2.24) is 15.5 Å². The van der Waals surface area contributed by atoms with Crippen molar-refractivity contribution in [3.63, 3.8) is 0 Å². The van der Waals surface area contributed by atoms with Crippen LogP contribution in [0.5, 0.6) is 5.75 Å². The second-order valence-electron chi connectivity index (χ2n) is 8.34. The van der Waals surface area contributed by atoms with Gasteiger partial charge in [0, 0.05) is 51.9 Å². The number of piperidine rings is 1. The van der Waals surface area contributed by atoms with Gasteiger partial charge in [0.1, 0.15) is 5.75 Å². The first-order valence-corrected chi connectivity index (χ1v) is 11.4. The molecule has 0 amide bonds. The maximum absolute atomic E-state index is 5.57. The Hall–Kier alpha value is -1.99. The standard InChI is InChI=1S/C23H39N5O2/c1-4-24-23(25-16-19(2)17-27-12-14-30-15-13-27)26-20-8-7-11-28(18-20)21-9-5-6-10-22(21)29-3/h5-6,9-10,19-20H,4,7-8,11-18H2,1-3H3,(H2,24,25,26). The third-order valence-electron chi connectivity index (χ3n) is 5.77. The molecule has 2 unspecified atom stereocenters. The van der Waals surface area contributed by atoms with Crippen molar-refractivity contribution < 1.29 is 9.47 Å². The van der Waals surface area contributed by atoms with Crippen LogP contribution in [0.25, 0.3) is 0 Å². The topological polar surface area (TPSA) is 61.4 Å². The summed E-state index contributed by atoms with van der Waals surface area (Å²) in [5, 5.41) is 7.10. The van der Waals surface area contributed by atoms with Gasteiger partial charge in [-0.3, -0.25) is 9.89 Å². The minimum absolute atomic E-state index is 0.371. The fourth-order valence-corrected chi connectivity index (χ4v) is 4.25. The maximum Gasteiger partial charge on any atom is 0.191 e. The molecule has 168 valence electrons. The molecule has 7 nitrogen and oxygen atoms in total. The Morgan fingerprint density at radius 1 is 1.27 bits per heavy atom. The third kappa shape index (κ3) is 6.77. The van der Waals surface area contributed by atoms with Crippen molar-refractivity contribution >= 4 is 11.6 Å². The number of rotatable bonds is 8. The molecule has 2 heterocycles. The minimum Gasteiger partial charge on any atom is -0.495 e. The van der Waals surface area contributed by atoms with Crippen LogP contribution in [0.15, 0.2) is 29.3 Å². The zero-order chi connectivity index (χ0) is 21.2. The fourth-order valence-electron chi connectivity index (χ4n) is 4.25. The SMILES string of the molecule is CCNC(=NCC(C)CN1CCOCC1)NC1CCCN(c2ccccc2OC)C1. The number of benzene rings is 1. The van der Waals surface area contributed by atoms with E-state index in [9.17, 15) is 0 Å². The first-order valence-electron chi connectivity index (χ1n) is 11.4. The second-order valence-corrected chi connectivity index (χ2v) is 8.34. The van der Waals surface area contributed by atoms with Crippen LogP contribution in [0.3, 0.4) is 0 Å². The van der Waals surface area contributed by atoms with E-state index in [-0.39, 0.29) is 0 Å². The quantitative estimate of drug-likeness (QED) is 0.499. The number of nitrogens with one attached hydrogen (secondary N) is 2. The van der Waals surface area contributed by atoms with E-state index in [1.54, 1.807) is 7.11 Å². The molecule has 2 atom stereocenters. The van der Waals surface area contributed by atoms with Gasteiger partial charge in [0.25, 0.3) is 0 Å². The average molecular weight is 418 g/mol. The molecule has 0 spiro atoms. The van der Waals surface area contributed by atoms with Crippen LogP contribution in [0.1, 0.15) is 26.7 Å². The summed E-state index contributed by atoms with van der Waals surface area (Å²) in [6, 6.07) is 8.66. The van der Waals surface area contributed by atoms with Crippen LogP contribution in [-0.4, -0.2) is 83.0 Å². The van der Waals surface area contributed by atoms with Crippen LogP contribution in [0.2, 0.25) is 0 Å². The Balaban J connectivity index is 1.54. The van der Waals surface area contributed by atoms with Gasteiger partial charge in [-0.2, -0.15) is 0 Å². The first kappa shape index (κ1) is 22.7. The van der Waals surface area contributed by atoms with Crippen LogP contribution in [0.4, 0.5) is 5.69 Å². The molecular weight excluding hydrogens is 378 g/mol. The summed E-state index contributed by atoms with van der Waals surface area (Å²) in [6.07, 6.45) is 2.31. The molecule has 30 heavy (non-hydrogen) atoms. The summed E-state index contributed by atoms with van der Waals surface area (Å²) in [7, 11) is 1.74. The highest BCUT2D eigenvalue weighted by molar-refractivity contribution is 5.80. The van der Waals surface area contributed by atoms with Gasteiger partial charge in [0.2, 0.25) is 0 Å². The van der Waals surface area contributed by atoms with Crippen molar-refractivity contribution in [3.05, 3.63) is 24.3 Å². The lowest BCUT2D eigenvalue weighted by Crippen LogP contribution is -2.51. The summed E-state index contributed by atoms with van der Waals surface area (Å²) >= 11 is 0. The molecule has 0 bridgehead atoms. The molecular formula is C23H39N5O2. The van der Waals surface area contributed by atoms with E-state index >= 15 is 0 Å². The molecule has 2 aliphatic heterocycles. The molecule has 0 saturated carbocycles. The average Bonchev–Trinajstić information content (AvgIpc) is 2.78. The van der Waals surface area contributed by atoms with Crippen molar-refractivity contribution in [2.24, 2.45) is 10.9 Å². The number of hydrogen-bond acceptors (Lipinski definition) is 5. The van der Waals surface area contributed by atoms with E-state index in [1.807, 2.05) is 12.1 Å². The summed E-state index contributed by atoms with van der Waals surface area (Å²) < 4.78 is 11.0. The normalized spacial score (nSPS) is 21.9. The number of ether oxygens (including phenoxy) is 2. The third-order valence-corrected chi connectivity index (χ3v) is 5.77. The summed E-state index contributed by atoms with van der Waals surface area (Å²) in [5.74, 6) is 2.39. The van der Waals surface area contributed by atoms with Gasteiger partial charge in [0.05, 0.1) is 26.0 Å². The predicted molar refractivity (Wildman–Crippen MR) is 124 cm³/mol. The Kier molecular flexibility index (Phi) is 9.08. The van der Waals surface area contributed by atoms with Crippen LogP contribution < -0.4 is 20.3 Å². The van der Waals surface area contributed by atoms with E-state index in [2.05, 4.69) is 46.4 Å². The van der Waals surface area contributed by atoms with Crippen molar-refractivity contribution in [2.45, 2.75) is 32.7 Å². The lowest BCUT2D eigenvalue weighted by Gasteiger charge is -2.36. The largest absolute Gasteiger partial charge is 0.495 e. The highest BCUT2D eigenvalue weighted by atomic mass is 16.5. The Morgan fingerprint density at radius 2 is 2.07 bits per heavy atom. The maximum atomic E-state index is 5.57. The number of aliphatic imine (C=N–C) groups is 1. The van der Waals surface area contributed by atoms with Crippen molar-refractivity contribution in [2.75, 3.05) is 71.0 Å². The number of anilines is 1. The molecule has 2 fully saturated rings. The number of para-hydroxylation sites is 2. The lowest BCUT2D eigenvalue weighted by molar-refractivity contribution is 0.0323. The smallest absolute Gasteiger partial charge is 0.191 e. The van der Waals surface area contributed by atoms with E-state index in [0.717, 1.165) is 83.6 Å². The van der Waals surface area contributed by atoms with Gasteiger partial charge < -0.3 is 25.0 Å². The molecule has 7 heteroatoms. The Morgan fingerprint density at radius 3 is 2.83 bits per heavy atom. The van der Waals surface area contributed by atoms with Gasteiger partial charge >= 0.3 is 0 Å². The van der Waals surface area contributed by atoms with Crippen molar-refractivity contribution in [3.8, 4) is 5.75 Å². The number of nitrogens with zero attached hydrogens (tertiary/aromatic N) is 3. The minimum atomic E-state index is 0.371. The highest BCUT2D eigenvalue weighted by Gasteiger charge is 2.23. The van der Waals surface area contributed by atoms with E-state index in [4.69, 9.17) is 14.5 Å². The first-order chi connectivity index (χ1) is 14.7. The second kappa shape index (κ2) is 12.0. The molecule has 2 N–H and O–H groups in total. The van der Waals surface area contributed by atoms with Gasteiger partial charge in [-0.1, -0.05) is 19.1 Å². The molecule has 2 saturated heterocycles. The van der Waals surface area contributed by atoms with Gasteiger partial charge in [-0.25, -0.2) is 0 Å². The monoisotopic (exact) mass is 417 g/mol. The van der Waals surface area contributed by atoms with E-state index in [1.165, 1.54) is 5.69 Å². The van der Waals surface area contributed by atoms with Gasteiger partial charge in [-0.15, -0.1) is 0 Å². The van der Waals surface area contributed by atoms with E-state index in [0.29, 0.717) is 12.0 Å². The molecule has 1 aromatic rings. The molecule has 2 aliphatic rings. The summed E-state index contributed by atoms with van der Waals surface area (Å²) in [6.45, 7) is 13.0. The zero-order valence-corrected chi connectivity index (χ0v) is 18.9. The summed E-state index contributed by atoms with van der Waals surface area (Å²) in [4.78, 5) is 9.80. The van der Waals surface area contributed by atoms with Crippen LogP contribution in [0, 0.1) is 5.92 Å². The lowest BCUT2D eigenvalue weighted by atomic mass is 10.0. The molecule has 1 aromatic carbocycles. The Labute approximate surface area is 181 Å². The molecule has 3 rings (SSSR count). The Bertz CT molecular complexity index is 663. The van der Waals surface area contributed by atoms with Gasteiger partial charge in [-0.05, 0) is 37.8 Å². The summed E-state index contributed by atoms with van der Waals surface area (Å²) in [5.41, 5.74) is 1.17. The fraction of sp³-hybridized carbons (Fsp3) is 0.696. The van der Waals surface area contributed by atoms with Crippen LogP contribution >= 0.6 is 0 Å². The highest BCUT2D eigenvalue weighted by Crippen LogP contribution is 2.29. The number of methoxy groups -OCH3 is 1. The zero-order valence-electron chi connectivity index (χ0n) is 18.9. The predicted octanol–water partition coefficient (Wildman–Crippen LogP) is 2.19. The van der Waals surface area contributed by atoms with Crippen LogP contribution in [-0.2, 0) is 4.74 Å². The number of hydrogen-bond donors (Lipinski definition) is 2. The molecule has 0 aromatic heterocycles. The van der Waals surface area contributed by atoms with E-state index < -0.39 is 0 Å². The van der Waals surface area contributed by atoms with Crippen molar-refractivity contribution in [1.29, 1.82) is 0 Å². The number of morpholine rings is 1. The number of guanidine groups is 1. The van der Waals surface area contributed by atoms with Gasteiger partial charge in [0.15, 0.2) is 5.96 Å².